The average molecular weight is 321 g/mol. The highest BCUT2D eigenvalue weighted by atomic mass is 32.2. The van der Waals surface area contributed by atoms with Crippen molar-refractivity contribution in [2.24, 2.45) is 4.99 Å². The molecule has 0 atom stereocenters. The zero-order chi connectivity index (χ0) is 15.0. The zero-order valence-electron chi connectivity index (χ0n) is 11.4. The molecular weight excluding hydrogens is 306 g/mol. The Bertz CT molecular complexity index is 710. The molecule has 0 amide bonds. The van der Waals surface area contributed by atoms with Crippen molar-refractivity contribution in [3.8, 4) is 10.6 Å². The van der Waals surface area contributed by atoms with Crippen molar-refractivity contribution < 1.29 is 10.2 Å². The maximum atomic E-state index is 9.23. The molecule has 1 aliphatic heterocycles. The van der Waals surface area contributed by atoms with Crippen LogP contribution in [0.2, 0.25) is 0 Å². The molecule has 1 aromatic heterocycles. The van der Waals surface area contributed by atoms with Gasteiger partial charge in [0.25, 0.3) is 0 Å². The molecule has 1 aromatic carbocycles. The van der Waals surface area contributed by atoms with E-state index in [1.54, 1.807) is 0 Å². The molecule has 3 rings (SSSR count). The van der Waals surface area contributed by atoms with Gasteiger partial charge >= 0.3 is 0 Å². The molecule has 0 saturated carbocycles. The first-order valence-electron chi connectivity index (χ1n) is 6.45. The van der Waals surface area contributed by atoms with E-state index in [0.717, 1.165) is 29.0 Å². The molecule has 7 heteroatoms. The monoisotopic (exact) mass is 321 g/mol. The third kappa shape index (κ3) is 2.69. The summed E-state index contributed by atoms with van der Waals surface area (Å²) in [5.41, 5.74) is 9.04. The van der Waals surface area contributed by atoms with Crippen molar-refractivity contribution in [3.63, 3.8) is 0 Å². The smallest absolute Gasteiger partial charge is 0.199 e. The third-order valence-corrected chi connectivity index (χ3v) is 5.35. The summed E-state index contributed by atoms with van der Waals surface area (Å²) in [7, 11) is 1.81. The first kappa shape index (κ1) is 14.5. The summed E-state index contributed by atoms with van der Waals surface area (Å²) in [5.74, 6) is 1.05. The predicted molar refractivity (Wildman–Crippen MR) is 86.9 cm³/mol. The van der Waals surface area contributed by atoms with Gasteiger partial charge in [0.05, 0.1) is 0 Å². The van der Waals surface area contributed by atoms with Crippen molar-refractivity contribution in [1.29, 1.82) is 0 Å². The SMILES string of the molecule is CN=C1CCSc2ccc(-c3nc(C(O)O)c(N)s3)cc21. The van der Waals surface area contributed by atoms with Gasteiger partial charge < -0.3 is 15.9 Å². The molecule has 110 valence electrons. The van der Waals surface area contributed by atoms with Gasteiger partial charge in [-0.15, -0.1) is 11.8 Å². The van der Waals surface area contributed by atoms with Crippen LogP contribution in [-0.4, -0.2) is 33.7 Å². The van der Waals surface area contributed by atoms with Crippen molar-refractivity contribution in [2.75, 3.05) is 18.5 Å². The number of benzene rings is 1. The second-order valence-corrected chi connectivity index (χ2v) is 6.79. The van der Waals surface area contributed by atoms with Crippen LogP contribution >= 0.6 is 23.1 Å². The van der Waals surface area contributed by atoms with Gasteiger partial charge in [0.15, 0.2) is 6.29 Å². The van der Waals surface area contributed by atoms with Crippen LogP contribution in [0.5, 0.6) is 0 Å². The van der Waals surface area contributed by atoms with Crippen LogP contribution in [0.25, 0.3) is 10.6 Å². The van der Waals surface area contributed by atoms with E-state index in [1.807, 2.05) is 24.9 Å². The average Bonchev–Trinajstić information content (AvgIpc) is 2.88. The van der Waals surface area contributed by atoms with Crippen molar-refractivity contribution in [1.82, 2.24) is 4.98 Å². The highest BCUT2D eigenvalue weighted by Crippen LogP contribution is 2.37. The summed E-state index contributed by atoms with van der Waals surface area (Å²) in [4.78, 5) is 9.80. The van der Waals surface area contributed by atoms with Crippen LogP contribution in [0, 0.1) is 0 Å². The lowest BCUT2D eigenvalue weighted by molar-refractivity contribution is -0.0447. The number of rotatable bonds is 2. The lowest BCUT2D eigenvalue weighted by Crippen LogP contribution is -2.09. The molecule has 5 nitrogen and oxygen atoms in total. The minimum Gasteiger partial charge on any atom is -0.389 e. The highest BCUT2D eigenvalue weighted by Gasteiger charge is 2.19. The van der Waals surface area contributed by atoms with Crippen molar-refractivity contribution in [3.05, 3.63) is 29.5 Å². The Hall–Kier alpha value is -1.41. The van der Waals surface area contributed by atoms with E-state index in [9.17, 15) is 10.2 Å². The Kier molecular flexibility index (Phi) is 3.99. The van der Waals surface area contributed by atoms with Gasteiger partial charge in [-0.25, -0.2) is 4.98 Å². The Labute approximate surface area is 130 Å². The number of hydrogen-bond donors (Lipinski definition) is 3. The van der Waals surface area contributed by atoms with Crippen molar-refractivity contribution >= 4 is 33.8 Å². The fourth-order valence-electron chi connectivity index (χ4n) is 2.29. The fraction of sp³-hybridized carbons (Fsp3) is 0.286. The molecule has 2 aromatic rings. The van der Waals surface area contributed by atoms with Crippen LogP contribution < -0.4 is 5.73 Å². The summed E-state index contributed by atoms with van der Waals surface area (Å²) in [5, 5.41) is 19.5. The number of thioether (sulfide) groups is 1. The standard InChI is InChI=1S/C14H15N3O2S2/c1-16-9-4-5-20-10-3-2-7(6-8(9)10)13-17-11(14(18)19)12(15)21-13/h2-3,6,14,18-19H,4-5,15H2,1H3. The van der Waals surface area contributed by atoms with E-state index < -0.39 is 6.29 Å². The number of nitrogen functional groups attached to an aromatic ring is 1. The lowest BCUT2D eigenvalue weighted by Gasteiger charge is -2.17. The number of anilines is 1. The molecule has 0 unspecified atom stereocenters. The largest absolute Gasteiger partial charge is 0.389 e. The van der Waals surface area contributed by atoms with Crippen LogP contribution in [-0.2, 0) is 0 Å². The first-order valence-corrected chi connectivity index (χ1v) is 8.26. The number of aliphatic hydroxyl groups excluding tert-OH is 1. The van der Waals surface area contributed by atoms with Crippen LogP contribution in [0.4, 0.5) is 5.00 Å². The van der Waals surface area contributed by atoms with Crippen LogP contribution in [0.1, 0.15) is 24.0 Å². The van der Waals surface area contributed by atoms with Gasteiger partial charge in [-0.1, -0.05) is 17.4 Å². The number of thiazole rings is 1. The van der Waals surface area contributed by atoms with Gasteiger partial charge in [-0.2, -0.15) is 0 Å². The summed E-state index contributed by atoms with van der Waals surface area (Å²) < 4.78 is 0. The first-order chi connectivity index (χ1) is 10.1. The molecule has 0 aliphatic carbocycles. The third-order valence-electron chi connectivity index (χ3n) is 3.33. The second kappa shape index (κ2) is 5.76. The maximum Gasteiger partial charge on any atom is 0.199 e. The minimum absolute atomic E-state index is 0.117. The number of nitrogens with two attached hydrogens (primary N) is 1. The number of fused-ring (bicyclic) bond motifs is 1. The Balaban J connectivity index is 2.06. The number of aromatic nitrogens is 1. The maximum absolute atomic E-state index is 9.23. The predicted octanol–water partition coefficient (Wildman–Crippen LogP) is 2.29. The van der Waals surface area contributed by atoms with E-state index in [-0.39, 0.29) is 5.69 Å². The normalized spacial score (nSPS) is 16.5. The van der Waals surface area contributed by atoms with Gasteiger partial charge in [0.2, 0.25) is 0 Å². The fourth-order valence-corrected chi connectivity index (χ4v) is 4.16. The molecule has 0 spiro atoms. The van der Waals surface area contributed by atoms with Crippen LogP contribution in [0.3, 0.4) is 0 Å². The molecular formula is C14H15N3O2S2. The Morgan fingerprint density at radius 3 is 2.86 bits per heavy atom. The Morgan fingerprint density at radius 1 is 1.38 bits per heavy atom. The minimum atomic E-state index is -1.64. The number of aliphatic imine (C=N–C) groups is 1. The zero-order valence-corrected chi connectivity index (χ0v) is 13.0. The van der Waals surface area contributed by atoms with E-state index in [2.05, 4.69) is 22.1 Å². The molecule has 0 radical (unpaired) electrons. The Morgan fingerprint density at radius 2 is 2.19 bits per heavy atom. The van der Waals surface area contributed by atoms with Gasteiger partial charge in [-0.3, -0.25) is 4.99 Å². The molecule has 0 saturated heterocycles. The van der Waals surface area contributed by atoms with E-state index in [4.69, 9.17) is 5.73 Å². The van der Waals surface area contributed by atoms with E-state index in [0.29, 0.717) is 10.0 Å². The van der Waals surface area contributed by atoms with E-state index in [1.165, 1.54) is 16.2 Å². The second-order valence-electron chi connectivity index (χ2n) is 4.62. The molecule has 21 heavy (non-hydrogen) atoms. The number of aliphatic hydroxyl groups is 2. The summed E-state index contributed by atoms with van der Waals surface area (Å²) >= 11 is 3.08. The topological polar surface area (TPSA) is 91.7 Å². The molecule has 2 heterocycles. The molecule has 0 bridgehead atoms. The lowest BCUT2D eigenvalue weighted by atomic mass is 10.0. The quantitative estimate of drug-likeness (QED) is 0.738. The molecule has 4 N–H and O–H groups in total. The van der Waals surface area contributed by atoms with Gasteiger partial charge in [0.1, 0.15) is 15.7 Å². The number of hydrogen-bond acceptors (Lipinski definition) is 7. The van der Waals surface area contributed by atoms with Crippen molar-refractivity contribution in [2.45, 2.75) is 17.6 Å². The van der Waals surface area contributed by atoms with Gasteiger partial charge in [0, 0.05) is 34.5 Å². The molecule has 1 aliphatic rings. The highest BCUT2D eigenvalue weighted by molar-refractivity contribution is 7.99. The van der Waals surface area contributed by atoms with Gasteiger partial charge in [-0.05, 0) is 18.6 Å². The van der Waals surface area contributed by atoms with E-state index >= 15 is 0 Å². The van der Waals surface area contributed by atoms with Crippen LogP contribution in [0.15, 0.2) is 28.1 Å². The number of nitrogens with zero attached hydrogens (tertiary/aromatic N) is 2. The molecule has 0 fully saturated rings. The summed E-state index contributed by atoms with van der Waals surface area (Å²) in [6.07, 6.45) is -0.686. The summed E-state index contributed by atoms with van der Waals surface area (Å²) in [6, 6.07) is 6.10. The summed E-state index contributed by atoms with van der Waals surface area (Å²) in [6.45, 7) is 0.